The minimum Gasteiger partial charge on any atom is -0.368 e. The van der Waals surface area contributed by atoms with Crippen molar-refractivity contribution in [2.45, 2.75) is 43.7 Å². The van der Waals surface area contributed by atoms with Crippen molar-refractivity contribution in [3.05, 3.63) is 0 Å². The molecule has 0 aromatic heterocycles. The fourth-order valence-electron chi connectivity index (χ4n) is 1.97. The number of hydrogen-bond donors (Lipinski definition) is 2. The number of rotatable bonds is 3. The van der Waals surface area contributed by atoms with Crippen molar-refractivity contribution in [1.29, 1.82) is 0 Å². The summed E-state index contributed by atoms with van der Waals surface area (Å²) in [5.74, 6) is 0.0132. The van der Waals surface area contributed by atoms with Gasteiger partial charge in [0, 0.05) is 18.7 Å². The molecule has 1 atom stereocenters. The van der Waals surface area contributed by atoms with Crippen LogP contribution in [-0.4, -0.2) is 30.7 Å². The van der Waals surface area contributed by atoms with Crippen LogP contribution in [0.15, 0.2) is 0 Å². The molecule has 1 aliphatic carbocycles. The summed E-state index contributed by atoms with van der Waals surface area (Å²) >= 11 is 0. The van der Waals surface area contributed by atoms with Crippen LogP contribution in [0.2, 0.25) is 0 Å². The van der Waals surface area contributed by atoms with Crippen molar-refractivity contribution in [3.8, 4) is 0 Å². The molecule has 1 heterocycles. The van der Waals surface area contributed by atoms with E-state index in [0.717, 1.165) is 25.7 Å². The van der Waals surface area contributed by atoms with Crippen LogP contribution < -0.4 is 11.1 Å². The molecule has 0 aromatic rings. The minimum atomic E-state index is -0.223. The molecule has 1 saturated heterocycles. The molecule has 80 valence electrons. The maximum absolute atomic E-state index is 11.5. The van der Waals surface area contributed by atoms with Gasteiger partial charge in [0.05, 0.1) is 0 Å². The summed E-state index contributed by atoms with van der Waals surface area (Å²) in [7, 11) is 0. The van der Waals surface area contributed by atoms with E-state index in [1.165, 1.54) is 6.42 Å². The normalized spacial score (nSPS) is 29.6. The maximum atomic E-state index is 11.5. The standard InChI is InChI=1S/C10H18N2O2/c11-10(4-2-5-10)7-12-9(13)8-3-1-6-14-8/h8H,1-7,11H2,(H,12,13)/t8-/m0/s1. The van der Waals surface area contributed by atoms with Crippen LogP contribution in [0.4, 0.5) is 0 Å². The highest BCUT2D eigenvalue weighted by Crippen LogP contribution is 2.28. The van der Waals surface area contributed by atoms with Crippen molar-refractivity contribution in [2.24, 2.45) is 5.73 Å². The lowest BCUT2D eigenvalue weighted by Crippen LogP contribution is -2.56. The molecule has 2 aliphatic rings. The second-order valence-corrected chi connectivity index (χ2v) is 4.44. The van der Waals surface area contributed by atoms with Gasteiger partial charge in [-0.1, -0.05) is 0 Å². The van der Waals surface area contributed by atoms with Crippen LogP contribution in [0.3, 0.4) is 0 Å². The first-order valence-electron chi connectivity index (χ1n) is 5.38. The third-order valence-electron chi connectivity index (χ3n) is 3.19. The van der Waals surface area contributed by atoms with E-state index in [1.54, 1.807) is 0 Å². The summed E-state index contributed by atoms with van der Waals surface area (Å²) in [4.78, 5) is 11.5. The SMILES string of the molecule is NC1(CNC(=O)[C@@H]2CCCO2)CCC1. The van der Waals surface area contributed by atoms with E-state index in [9.17, 15) is 4.79 Å². The highest BCUT2D eigenvalue weighted by atomic mass is 16.5. The van der Waals surface area contributed by atoms with Crippen LogP contribution in [-0.2, 0) is 9.53 Å². The van der Waals surface area contributed by atoms with E-state index in [4.69, 9.17) is 10.5 Å². The highest BCUT2D eigenvalue weighted by molar-refractivity contribution is 5.81. The van der Waals surface area contributed by atoms with Crippen molar-refractivity contribution in [3.63, 3.8) is 0 Å². The fraction of sp³-hybridized carbons (Fsp3) is 0.900. The van der Waals surface area contributed by atoms with Gasteiger partial charge in [-0.15, -0.1) is 0 Å². The van der Waals surface area contributed by atoms with Gasteiger partial charge >= 0.3 is 0 Å². The van der Waals surface area contributed by atoms with Gasteiger partial charge in [0.25, 0.3) is 0 Å². The van der Waals surface area contributed by atoms with Crippen molar-refractivity contribution in [1.82, 2.24) is 5.32 Å². The molecule has 0 aromatic carbocycles. The van der Waals surface area contributed by atoms with Gasteiger partial charge < -0.3 is 15.8 Å². The van der Waals surface area contributed by atoms with Crippen LogP contribution in [0.1, 0.15) is 32.1 Å². The van der Waals surface area contributed by atoms with Gasteiger partial charge in [-0.2, -0.15) is 0 Å². The lowest BCUT2D eigenvalue weighted by atomic mass is 9.78. The summed E-state index contributed by atoms with van der Waals surface area (Å²) in [6, 6.07) is 0. The number of amides is 1. The predicted octanol–water partition coefficient (Wildman–Crippen LogP) is 0.163. The van der Waals surface area contributed by atoms with Crippen LogP contribution in [0.25, 0.3) is 0 Å². The molecule has 0 bridgehead atoms. The van der Waals surface area contributed by atoms with E-state index in [2.05, 4.69) is 5.32 Å². The average Bonchev–Trinajstić information content (AvgIpc) is 2.63. The first-order chi connectivity index (χ1) is 6.70. The molecule has 14 heavy (non-hydrogen) atoms. The third-order valence-corrected chi connectivity index (χ3v) is 3.19. The van der Waals surface area contributed by atoms with E-state index >= 15 is 0 Å². The summed E-state index contributed by atoms with van der Waals surface area (Å²) in [5.41, 5.74) is 5.86. The quantitative estimate of drug-likeness (QED) is 0.679. The molecular weight excluding hydrogens is 180 g/mol. The first kappa shape index (κ1) is 9.93. The van der Waals surface area contributed by atoms with Crippen LogP contribution >= 0.6 is 0 Å². The molecule has 0 unspecified atom stereocenters. The summed E-state index contributed by atoms with van der Waals surface area (Å²) in [6.45, 7) is 1.32. The molecule has 2 rings (SSSR count). The molecular formula is C10H18N2O2. The Morgan fingerprint density at radius 1 is 1.50 bits per heavy atom. The fourth-order valence-corrected chi connectivity index (χ4v) is 1.97. The van der Waals surface area contributed by atoms with Gasteiger partial charge in [0.1, 0.15) is 6.10 Å². The number of nitrogens with two attached hydrogens (primary N) is 1. The van der Waals surface area contributed by atoms with Crippen molar-refractivity contribution >= 4 is 5.91 Å². The highest BCUT2D eigenvalue weighted by Gasteiger charge is 2.33. The number of hydrogen-bond acceptors (Lipinski definition) is 3. The van der Waals surface area contributed by atoms with Crippen LogP contribution in [0, 0.1) is 0 Å². The number of carbonyl (C=O) groups excluding carboxylic acids is 1. The van der Waals surface area contributed by atoms with E-state index in [1.807, 2.05) is 0 Å². The zero-order valence-corrected chi connectivity index (χ0v) is 8.42. The van der Waals surface area contributed by atoms with Crippen molar-refractivity contribution < 1.29 is 9.53 Å². The lowest BCUT2D eigenvalue weighted by Gasteiger charge is -2.38. The Kier molecular flexibility index (Phi) is 2.74. The molecule has 1 saturated carbocycles. The topological polar surface area (TPSA) is 64.3 Å². The largest absolute Gasteiger partial charge is 0.368 e. The first-order valence-corrected chi connectivity index (χ1v) is 5.38. The van der Waals surface area contributed by atoms with E-state index in [-0.39, 0.29) is 17.6 Å². The molecule has 4 heteroatoms. The average molecular weight is 198 g/mol. The molecule has 0 radical (unpaired) electrons. The Morgan fingerprint density at radius 2 is 2.29 bits per heavy atom. The zero-order chi connectivity index (χ0) is 10.0. The maximum Gasteiger partial charge on any atom is 0.249 e. The van der Waals surface area contributed by atoms with Gasteiger partial charge in [0.2, 0.25) is 5.91 Å². The zero-order valence-electron chi connectivity index (χ0n) is 8.42. The van der Waals surface area contributed by atoms with Crippen LogP contribution in [0.5, 0.6) is 0 Å². The van der Waals surface area contributed by atoms with Gasteiger partial charge in [-0.05, 0) is 32.1 Å². The Balaban J connectivity index is 1.71. The monoisotopic (exact) mass is 198 g/mol. The Labute approximate surface area is 84.2 Å². The van der Waals surface area contributed by atoms with E-state index in [0.29, 0.717) is 13.2 Å². The molecule has 1 amide bonds. The Hall–Kier alpha value is -0.610. The lowest BCUT2D eigenvalue weighted by molar-refractivity contribution is -0.130. The summed E-state index contributed by atoms with van der Waals surface area (Å²) in [6.07, 6.45) is 4.86. The molecule has 0 spiro atoms. The second-order valence-electron chi connectivity index (χ2n) is 4.44. The number of nitrogens with one attached hydrogen (secondary N) is 1. The predicted molar refractivity (Wildman–Crippen MR) is 52.8 cm³/mol. The molecule has 4 nitrogen and oxygen atoms in total. The van der Waals surface area contributed by atoms with Gasteiger partial charge in [-0.3, -0.25) is 4.79 Å². The number of ether oxygens (including phenoxy) is 1. The molecule has 3 N–H and O–H groups in total. The van der Waals surface area contributed by atoms with Gasteiger partial charge in [0.15, 0.2) is 0 Å². The second kappa shape index (κ2) is 3.87. The van der Waals surface area contributed by atoms with Gasteiger partial charge in [-0.25, -0.2) is 0 Å². The number of carbonyl (C=O) groups is 1. The Bertz CT molecular complexity index is 220. The van der Waals surface area contributed by atoms with Crippen molar-refractivity contribution in [2.75, 3.05) is 13.2 Å². The summed E-state index contributed by atoms with van der Waals surface area (Å²) < 4.78 is 5.28. The summed E-state index contributed by atoms with van der Waals surface area (Å²) in [5, 5.41) is 2.88. The molecule has 2 fully saturated rings. The van der Waals surface area contributed by atoms with E-state index < -0.39 is 0 Å². The smallest absolute Gasteiger partial charge is 0.249 e. The Morgan fingerprint density at radius 3 is 2.79 bits per heavy atom. The minimum absolute atomic E-state index is 0.0132. The molecule has 1 aliphatic heterocycles. The third kappa shape index (κ3) is 2.07.